The topological polar surface area (TPSA) is 68.2 Å². The van der Waals surface area contributed by atoms with Gasteiger partial charge in [-0.1, -0.05) is 12.2 Å². The molecule has 5 rings (SSSR count). The summed E-state index contributed by atoms with van der Waals surface area (Å²) in [5.41, 5.74) is 0.951. The van der Waals surface area contributed by atoms with E-state index in [1.807, 2.05) is 13.0 Å². The maximum atomic E-state index is 12.9. The van der Waals surface area contributed by atoms with Crippen LogP contribution in [0, 0.1) is 29.1 Å². The Morgan fingerprint density at radius 3 is 2.37 bits per heavy atom. The fourth-order valence-electron chi connectivity index (χ4n) is 5.34. The van der Waals surface area contributed by atoms with Crippen LogP contribution >= 0.6 is 0 Å². The molecular formula is C21H22N2O4. The minimum atomic E-state index is -0.220. The molecule has 0 aromatic heterocycles. The number of carbonyl (C=O) groups is 2. The second-order valence-electron chi connectivity index (χ2n) is 7.80. The largest absolute Gasteiger partial charge is 0.493 e. The minimum absolute atomic E-state index is 0.151. The van der Waals surface area contributed by atoms with Crippen molar-refractivity contribution >= 4 is 18.0 Å². The molecule has 2 bridgehead atoms. The van der Waals surface area contributed by atoms with Crippen molar-refractivity contribution in [3.05, 3.63) is 35.9 Å². The molecule has 6 heteroatoms. The molecule has 27 heavy (non-hydrogen) atoms. The Kier molecular flexibility index (Phi) is 3.48. The van der Waals surface area contributed by atoms with E-state index in [0.717, 1.165) is 23.4 Å². The van der Waals surface area contributed by atoms with Gasteiger partial charge in [-0.3, -0.25) is 9.59 Å². The maximum absolute atomic E-state index is 12.9. The highest BCUT2D eigenvalue weighted by Crippen LogP contribution is 2.73. The predicted molar refractivity (Wildman–Crippen MR) is 98.4 cm³/mol. The Hall–Kier alpha value is -2.63. The van der Waals surface area contributed by atoms with E-state index in [0.29, 0.717) is 18.1 Å². The summed E-state index contributed by atoms with van der Waals surface area (Å²) in [5.74, 6) is 0.935. The zero-order valence-corrected chi connectivity index (χ0v) is 15.4. The first kappa shape index (κ1) is 16.5. The Bertz CT molecular complexity index is 852. The Labute approximate surface area is 157 Å². The fraction of sp³-hybridized carbons (Fsp3) is 0.476. The van der Waals surface area contributed by atoms with Gasteiger partial charge in [0.25, 0.3) is 11.8 Å². The number of allylic oxidation sites excluding steroid dienone is 2. The number of hydrogen-bond donors (Lipinski definition) is 0. The number of fused-ring (bicyclic) bond motifs is 3. The van der Waals surface area contributed by atoms with Crippen LogP contribution in [0.3, 0.4) is 0 Å². The number of hydrogen-bond acceptors (Lipinski definition) is 5. The van der Waals surface area contributed by atoms with Crippen LogP contribution in [0.2, 0.25) is 0 Å². The Balaban J connectivity index is 1.38. The second-order valence-corrected chi connectivity index (χ2v) is 7.80. The normalized spacial score (nSPS) is 32.0. The summed E-state index contributed by atoms with van der Waals surface area (Å²) in [5, 5.41) is 5.32. The number of rotatable bonds is 5. The SMILES string of the molecule is CCOc1ccc(/C=N\N2C(=O)[C@@H]3[C@@H](C2=O)[C@H]2C=C[C@H]3C23CC3)cc1OC. The molecule has 140 valence electrons. The number of methoxy groups -OCH3 is 1. The van der Waals surface area contributed by atoms with E-state index in [4.69, 9.17) is 9.47 Å². The molecule has 0 unspecified atom stereocenters. The molecule has 4 aliphatic rings. The minimum Gasteiger partial charge on any atom is -0.493 e. The van der Waals surface area contributed by atoms with Gasteiger partial charge in [-0.25, -0.2) is 0 Å². The number of amides is 2. The molecule has 1 aromatic rings. The summed E-state index contributed by atoms with van der Waals surface area (Å²) in [7, 11) is 1.57. The van der Waals surface area contributed by atoms with Gasteiger partial charge in [0.15, 0.2) is 11.5 Å². The van der Waals surface area contributed by atoms with Crippen LogP contribution in [0.4, 0.5) is 0 Å². The van der Waals surface area contributed by atoms with Crippen LogP contribution in [0.5, 0.6) is 11.5 Å². The molecule has 2 amide bonds. The molecule has 6 nitrogen and oxygen atoms in total. The average molecular weight is 366 g/mol. The number of hydrazone groups is 1. The Morgan fingerprint density at radius 2 is 1.81 bits per heavy atom. The smallest absolute Gasteiger partial charge is 0.254 e. The van der Waals surface area contributed by atoms with Crippen molar-refractivity contribution in [3.8, 4) is 11.5 Å². The number of benzene rings is 1. The second kappa shape index (κ2) is 5.68. The van der Waals surface area contributed by atoms with Gasteiger partial charge in [-0.2, -0.15) is 10.1 Å². The summed E-state index contributed by atoms with van der Waals surface area (Å²) in [6.07, 6.45) is 8.14. The highest BCUT2D eigenvalue weighted by atomic mass is 16.5. The van der Waals surface area contributed by atoms with Crippen molar-refractivity contribution in [2.45, 2.75) is 19.8 Å². The molecule has 3 aliphatic carbocycles. The summed E-state index contributed by atoms with van der Waals surface area (Å²) in [6.45, 7) is 2.45. The Morgan fingerprint density at radius 1 is 1.15 bits per heavy atom. The van der Waals surface area contributed by atoms with Crippen LogP contribution < -0.4 is 9.47 Å². The quantitative estimate of drug-likeness (QED) is 0.456. The predicted octanol–water partition coefficient (Wildman–Crippen LogP) is 2.63. The third kappa shape index (κ3) is 2.16. The summed E-state index contributed by atoms with van der Waals surface area (Å²) >= 11 is 0. The number of ether oxygens (including phenoxy) is 2. The lowest BCUT2D eigenvalue weighted by molar-refractivity contribution is -0.141. The van der Waals surface area contributed by atoms with Crippen LogP contribution in [0.15, 0.2) is 35.5 Å². The highest BCUT2D eigenvalue weighted by Gasteiger charge is 2.73. The third-order valence-corrected chi connectivity index (χ3v) is 6.64. The van der Waals surface area contributed by atoms with Crippen LogP contribution in [0.1, 0.15) is 25.3 Å². The number of imide groups is 1. The van der Waals surface area contributed by atoms with Crippen LogP contribution in [-0.2, 0) is 9.59 Å². The van der Waals surface area contributed by atoms with Gasteiger partial charge in [0.2, 0.25) is 0 Å². The van der Waals surface area contributed by atoms with Gasteiger partial charge in [0, 0.05) is 0 Å². The van der Waals surface area contributed by atoms with Crippen molar-refractivity contribution in [3.63, 3.8) is 0 Å². The van der Waals surface area contributed by atoms with E-state index >= 15 is 0 Å². The molecule has 1 spiro atoms. The van der Waals surface area contributed by atoms with Crippen LogP contribution in [-0.4, -0.2) is 36.8 Å². The van der Waals surface area contributed by atoms with Crippen LogP contribution in [0.25, 0.3) is 0 Å². The molecule has 0 N–H and O–H groups in total. The van der Waals surface area contributed by atoms with E-state index in [1.54, 1.807) is 19.2 Å². The lowest BCUT2D eigenvalue weighted by atomic mass is 9.85. The molecular weight excluding hydrogens is 344 g/mol. The van der Waals surface area contributed by atoms with Gasteiger partial charge in [0.1, 0.15) is 0 Å². The molecule has 2 saturated carbocycles. The van der Waals surface area contributed by atoms with Gasteiger partial charge >= 0.3 is 0 Å². The summed E-state index contributed by atoms with van der Waals surface area (Å²) in [4.78, 5) is 25.8. The number of nitrogens with zero attached hydrogens (tertiary/aromatic N) is 2. The van der Waals surface area contributed by atoms with Gasteiger partial charge < -0.3 is 9.47 Å². The van der Waals surface area contributed by atoms with E-state index in [1.165, 1.54) is 6.21 Å². The van der Waals surface area contributed by atoms with Gasteiger partial charge in [-0.05, 0) is 60.8 Å². The first-order valence-corrected chi connectivity index (χ1v) is 9.51. The zero-order valence-electron chi connectivity index (χ0n) is 15.4. The molecule has 3 fully saturated rings. The van der Waals surface area contributed by atoms with Crippen molar-refractivity contribution in [1.82, 2.24) is 5.01 Å². The van der Waals surface area contributed by atoms with Gasteiger partial charge in [-0.15, -0.1) is 0 Å². The van der Waals surface area contributed by atoms with E-state index in [9.17, 15) is 9.59 Å². The molecule has 1 heterocycles. The molecule has 1 aliphatic heterocycles. The zero-order chi connectivity index (χ0) is 18.8. The molecule has 0 radical (unpaired) electrons. The van der Waals surface area contributed by atoms with Crippen molar-refractivity contribution in [2.75, 3.05) is 13.7 Å². The maximum Gasteiger partial charge on any atom is 0.254 e. The van der Waals surface area contributed by atoms with Crippen molar-refractivity contribution in [1.29, 1.82) is 0 Å². The van der Waals surface area contributed by atoms with E-state index < -0.39 is 0 Å². The van der Waals surface area contributed by atoms with Crippen molar-refractivity contribution < 1.29 is 19.1 Å². The lowest BCUT2D eigenvalue weighted by Gasteiger charge is -2.18. The van der Waals surface area contributed by atoms with Crippen molar-refractivity contribution in [2.24, 2.45) is 34.2 Å². The highest BCUT2D eigenvalue weighted by molar-refractivity contribution is 6.07. The first-order chi connectivity index (χ1) is 13.1. The number of carbonyl (C=O) groups excluding carboxylic acids is 2. The molecule has 1 aromatic carbocycles. The summed E-state index contributed by atoms with van der Waals surface area (Å²) in [6, 6.07) is 5.41. The summed E-state index contributed by atoms with van der Waals surface area (Å²) < 4.78 is 10.8. The standard InChI is InChI=1S/C21H22N2O4/c1-3-27-15-7-4-12(10-16(15)26-2)11-22-23-19(24)17-13-5-6-14(18(17)20(23)25)21(13)8-9-21/h4-7,10-11,13-14,17-18H,3,8-9H2,1-2H3/b22-11-/t13-,14-,17+,18+/m1/s1. The monoisotopic (exact) mass is 366 g/mol. The van der Waals surface area contributed by atoms with Gasteiger partial charge in [0.05, 0.1) is 31.8 Å². The molecule has 1 saturated heterocycles. The van der Waals surface area contributed by atoms with E-state index in [-0.39, 0.29) is 40.9 Å². The first-order valence-electron chi connectivity index (χ1n) is 9.51. The third-order valence-electron chi connectivity index (χ3n) is 6.64. The lowest BCUT2D eigenvalue weighted by Crippen LogP contribution is -2.30. The molecule has 4 atom stereocenters. The fourth-order valence-corrected chi connectivity index (χ4v) is 5.34. The average Bonchev–Trinajstić information content (AvgIpc) is 3.28. The van der Waals surface area contributed by atoms with E-state index in [2.05, 4.69) is 17.3 Å².